The molecule has 0 bridgehead atoms. The number of carbonyl (C=O) groups is 3. The van der Waals surface area contributed by atoms with Crippen LogP contribution in [0.3, 0.4) is 0 Å². The monoisotopic (exact) mass is 378 g/mol. The summed E-state index contributed by atoms with van der Waals surface area (Å²) >= 11 is 0. The normalized spacial score (nSPS) is 11.5. The topological polar surface area (TPSA) is 112 Å². The summed E-state index contributed by atoms with van der Waals surface area (Å²) in [6.07, 6.45) is 0.335. The second kappa shape index (κ2) is 8.22. The van der Waals surface area contributed by atoms with Crippen molar-refractivity contribution in [2.45, 2.75) is 13.0 Å². The first-order valence-corrected chi connectivity index (χ1v) is 8.50. The summed E-state index contributed by atoms with van der Waals surface area (Å²) in [4.78, 5) is 35.8. The summed E-state index contributed by atoms with van der Waals surface area (Å²) in [5, 5.41) is 2.61. The lowest BCUT2D eigenvalue weighted by molar-refractivity contribution is -0.123. The van der Waals surface area contributed by atoms with Crippen LogP contribution in [-0.4, -0.2) is 23.9 Å². The van der Waals surface area contributed by atoms with Crippen LogP contribution < -0.4 is 11.1 Å². The van der Waals surface area contributed by atoms with E-state index >= 15 is 0 Å². The molecule has 0 saturated carbocycles. The SMILES string of the molecule is C[C@@H](OC(=O)c1occc1-c1ccccc1)C(=O)Nc1ccc(C(N)=O)cc1. The maximum Gasteiger partial charge on any atom is 0.375 e. The molecule has 3 aromatic rings. The van der Waals surface area contributed by atoms with Crippen LogP contribution in [0, 0.1) is 0 Å². The summed E-state index contributed by atoms with van der Waals surface area (Å²) in [5.74, 6) is -1.80. The van der Waals surface area contributed by atoms with Gasteiger partial charge in [0, 0.05) is 16.8 Å². The lowest BCUT2D eigenvalue weighted by Crippen LogP contribution is -2.30. The number of rotatable bonds is 6. The molecule has 7 nitrogen and oxygen atoms in total. The highest BCUT2D eigenvalue weighted by molar-refractivity contribution is 5.99. The summed E-state index contributed by atoms with van der Waals surface area (Å²) < 4.78 is 10.5. The van der Waals surface area contributed by atoms with Crippen LogP contribution in [0.1, 0.15) is 27.8 Å². The number of furan rings is 1. The first-order valence-electron chi connectivity index (χ1n) is 8.50. The Bertz CT molecular complexity index is 993. The molecule has 0 aliphatic rings. The van der Waals surface area contributed by atoms with Gasteiger partial charge in [0.05, 0.1) is 6.26 Å². The van der Waals surface area contributed by atoms with Gasteiger partial charge < -0.3 is 20.2 Å². The number of nitrogens with one attached hydrogen (secondary N) is 1. The number of amides is 2. The number of primary amides is 1. The molecule has 0 saturated heterocycles. The fourth-order valence-corrected chi connectivity index (χ4v) is 2.54. The molecule has 0 unspecified atom stereocenters. The van der Waals surface area contributed by atoms with Crippen molar-refractivity contribution < 1.29 is 23.5 Å². The molecule has 2 aromatic carbocycles. The fourth-order valence-electron chi connectivity index (χ4n) is 2.54. The Morgan fingerprint density at radius 1 is 1.00 bits per heavy atom. The molecule has 0 fully saturated rings. The molecular formula is C21H18N2O5. The van der Waals surface area contributed by atoms with Crippen LogP contribution >= 0.6 is 0 Å². The predicted molar refractivity (Wildman–Crippen MR) is 103 cm³/mol. The molecule has 0 radical (unpaired) electrons. The van der Waals surface area contributed by atoms with Crippen molar-refractivity contribution in [2.24, 2.45) is 5.73 Å². The fraction of sp³-hybridized carbons (Fsp3) is 0.0952. The largest absolute Gasteiger partial charge is 0.457 e. The Hall–Kier alpha value is -3.87. The number of carbonyl (C=O) groups excluding carboxylic acids is 3. The summed E-state index contributed by atoms with van der Waals surface area (Å²) in [6.45, 7) is 1.45. The molecule has 28 heavy (non-hydrogen) atoms. The van der Waals surface area contributed by atoms with Crippen molar-refractivity contribution in [3.05, 3.63) is 78.3 Å². The third kappa shape index (κ3) is 4.27. The van der Waals surface area contributed by atoms with E-state index < -0.39 is 23.9 Å². The van der Waals surface area contributed by atoms with E-state index in [0.29, 0.717) is 16.8 Å². The Kier molecular flexibility index (Phi) is 5.55. The van der Waals surface area contributed by atoms with Gasteiger partial charge in [-0.1, -0.05) is 30.3 Å². The number of benzene rings is 2. The predicted octanol–water partition coefficient (Wildman–Crippen LogP) is 3.23. The highest BCUT2D eigenvalue weighted by atomic mass is 16.6. The van der Waals surface area contributed by atoms with E-state index in [1.807, 2.05) is 30.3 Å². The van der Waals surface area contributed by atoms with Gasteiger partial charge in [0.2, 0.25) is 11.7 Å². The molecule has 7 heteroatoms. The van der Waals surface area contributed by atoms with Gasteiger partial charge in [-0.2, -0.15) is 0 Å². The summed E-state index contributed by atoms with van der Waals surface area (Å²) in [7, 11) is 0. The van der Waals surface area contributed by atoms with Crippen molar-refractivity contribution in [3.63, 3.8) is 0 Å². The third-order valence-corrected chi connectivity index (χ3v) is 4.03. The van der Waals surface area contributed by atoms with Crippen molar-refractivity contribution in [1.82, 2.24) is 0 Å². The van der Waals surface area contributed by atoms with Gasteiger partial charge in [-0.25, -0.2) is 4.79 Å². The maximum atomic E-state index is 12.4. The number of ether oxygens (including phenoxy) is 1. The maximum absolute atomic E-state index is 12.4. The second-order valence-corrected chi connectivity index (χ2v) is 6.01. The van der Waals surface area contributed by atoms with Crippen LogP contribution in [0.25, 0.3) is 11.1 Å². The second-order valence-electron chi connectivity index (χ2n) is 6.01. The van der Waals surface area contributed by atoms with Gasteiger partial charge in [0.15, 0.2) is 6.10 Å². The van der Waals surface area contributed by atoms with E-state index in [-0.39, 0.29) is 5.76 Å². The van der Waals surface area contributed by atoms with Gasteiger partial charge in [-0.05, 0) is 42.8 Å². The van der Waals surface area contributed by atoms with Gasteiger partial charge in [0.1, 0.15) is 0 Å². The van der Waals surface area contributed by atoms with Crippen LogP contribution in [0.15, 0.2) is 71.3 Å². The molecule has 0 aliphatic carbocycles. The zero-order valence-corrected chi connectivity index (χ0v) is 15.0. The Morgan fingerprint density at radius 2 is 1.68 bits per heavy atom. The van der Waals surface area contributed by atoms with E-state index in [2.05, 4.69) is 5.32 Å². The van der Waals surface area contributed by atoms with Crippen LogP contribution in [0.5, 0.6) is 0 Å². The molecule has 1 aromatic heterocycles. The van der Waals surface area contributed by atoms with E-state index in [1.54, 1.807) is 6.07 Å². The first-order chi connectivity index (χ1) is 13.5. The van der Waals surface area contributed by atoms with Crippen LogP contribution in [0.4, 0.5) is 5.69 Å². The number of hydrogen-bond donors (Lipinski definition) is 2. The number of esters is 1. The van der Waals surface area contributed by atoms with Crippen LogP contribution in [-0.2, 0) is 9.53 Å². The van der Waals surface area contributed by atoms with E-state index in [0.717, 1.165) is 5.56 Å². The van der Waals surface area contributed by atoms with Crippen molar-refractivity contribution in [3.8, 4) is 11.1 Å². The molecule has 0 aliphatic heterocycles. The first kappa shape index (κ1) is 18.9. The van der Waals surface area contributed by atoms with Crippen molar-refractivity contribution in [1.29, 1.82) is 0 Å². The standard InChI is InChI=1S/C21H18N2O5/c1-13(20(25)23-16-9-7-15(8-10-16)19(22)24)28-21(26)18-17(11-12-27-18)14-5-3-2-4-6-14/h2-13H,1H3,(H2,22,24)(H,23,25)/t13-/m1/s1. The molecule has 1 atom stereocenters. The minimum Gasteiger partial charge on any atom is -0.457 e. The highest BCUT2D eigenvalue weighted by Crippen LogP contribution is 2.25. The Labute approximate surface area is 161 Å². The minimum atomic E-state index is -1.06. The zero-order valence-electron chi connectivity index (χ0n) is 15.0. The highest BCUT2D eigenvalue weighted by Gasteiger charge is 2.24. The zero-order chi connectivity index (χ0) is 20.1. The van der Waals surface area contributed by atoms with Crippen LogP contribution in [0.2, 0.25) is 0 Å². The van der Waals surface area contributed by atoms with Crippen molar-refractivity contribution in [2.75, 3.05) is 5.32 Å². The third-order valence-electron chi connectivity index (χ3n) is 4.03. The molecule has 2 amide bonds. The van der Waals surface area contributed by atoms with Gasteiger partial charge in [0.25, 0.3) is 5.91 Å². The molecule has 142 valence electrons. The molecule has 0 spiro atoms. The smallest absolute Gasteiger partial charge is 0.375 e. The number of nitrogens with two attached hydrogens (primary N) is 1. The quantitative estimate of drug-likeness (QED) is 0.640. The van der Waals surface area contributed by atoms with Gasteiger partial charge in [-0.15, -0.1) is 0 Å². The Balaban J connectivity index is 1.65. The summed E-state index contributed by atoms with van der Waals surface area (Å²) in [5.41, 5.74) is 7.33. The lowest BCUT2D eigenvalue weighted by Gasteiger charge is -2.13. The average Bonchev–Trinajstić information content (AvgIpc) is 3.19. The molecule has 3 rings (SSSR count). The lowest BCUT2D eigenvalue weighted by atomic mass is 10.1. The number of anilines is 1. The van der Waals surface area contributed by atoms with Gasteiger partial charge >= 0.3 is 5.97 Å². The summed E-state index contributed by atoms with van der Waals surface area (Å²) in [6, 6.07) is 16.9. The minimum absolute atomic E-state index is 0.0247. The van der Waals surface area contributed by atoms with Crippen molar-refractivity contribution >= 4 is 23.5 Å². The molecule has 3 N–H and O–H groups in total. The van der Waals surface area contributed by atoms with E-state index in [4.69, 9.17) is 14.9 Å². The number of hydrogen-bond acceptors (Lipinski definition) is 5. The van der Waals surface area contributed by atoms with Gasteiger partial charge in [-0.3, -0.25) is 9.59 Å². The van der Waals surface area contributed by atoms with E-state index in [1.165, 1.54) is 37.5 Å². The molecule has 1 heterocycles. The molecular weight excluding hydrogens is 360 g/mol. The average molecular weight is 378 g/mol. The Morgan fingerprint density at radius 3 is 2.32 bits per heavy atom. The van der Waals surface area contributed by atoms with E-state index in [9.17, 15) is 14.4 Å².